The molecule has 0 aromatic carbocycles. The number of pyridine rings is 1. The fourth-order valence-electron chi connectivity index (χ4n) is 2.03. The Bertz CT molecular complexity index is 479. The highest BCUT2D eigenvalue weighted by Gasteiger charge is 2.16. The van der Waals surface area contributed by atoms with Gasteiger partial charge < -0.3 is 9.47 Å². The molecule has 2 N–H and O–H groups in total. The minimum Gasteiger partial charge on any atom is -0.443 e. The molecule has 1 aromatic heterocycles. The number of hydrazine groups is 1. The van der Waals surface area contributed by atoms with Crippen molar-refractivity contribution in [3.8, 4) is 0 Å². The molecule has 122 valence electrons. The molecule has 1 fully saturated rings. The summed E-state index contributed by atoms with van der Waals surface area (Å²) < 4.78 is 10.5. The second kappa shape index (κ2) is 7.42. The van der Waals surface area contributed by atoms with Crippen LogP contribution in [0.15, 0.2) is 18.3 Å². The van der Waals surface area contributed by atoms with E-state index in [2.05, 4.69) is 20.7 Å². The van der Waals surface area contributed by atoms with Crippen LogP contribution in [0.1, 0.15) is 26.3 Å². The Labute approximate surface area is 131 Å². The zero-order valence-corrected chi connectivity index (χ0v) is 13.4. The van der Waals surface area contributed by atoms with Gasteiger partial charge in [-0.3, -0.25) is 10.3 Å². The summed E-state index contributed by atoms with van der Waals surface area (Å²) in [5.41, 5.74) is 5.79. The molecule has 7 nitrogen and oxygen atoms in total. The van der Waals surface area contributed by atoms with Crippen LogP contribution in [-0.2, 0) is 16.0 Å². The highest BCUT2D eigenvalue weighted by molar-refractivity contribution is 5.69. The Morgan fingerprint density at radius 3 is 2.68 bits per heavy atom. The number of ether oxygens (including phenoxy) is 2. The summed E-state index contributed by atoms with van der Waals surface area (Å²) in [6.45, 7) is 9.75. The number of amides is 1. The lowest BCUT2D eigenvalue weighted by atomic mass is 10.2. The number of nitrogens with zero attached hydrogens (tertiary/aromatic N) is 2. The number of rotatable bonds is 4. The lowest BCUT2D eigenvalue weighted by molar-refractivity contribution is 0.0341. The summed E-state index contributed by atoms with van der Waals surface area (Å²) in [6.07, 6.45) is 1.26. The van der Waals surface area contributed by atoms with E-state index in [0.29, 0.717) is 5.82 Å². The standard InChI is InChI=1S/C15H24N4O3/c1-15(2,3)22-14(20)18-17-13-5-4-12(10-16-13)11-19-6-8-21-9-7-19/h4-5,10H,6-9,11H2,1-3H3,(H,16,17)(H,18,20). The van der Waals surface area contributed by atoms with Gasteiger partial charge >= 0.3 is 6.09 Å². The summed E-state index contributed by atoms with van der Waals surface area (Å²) in [4.78, 5) is 18.1. The smallest absolute Gasteiger partial charge is 0.426 e. The monoisotopic (exact) mass is 308 g/mol. The molecule has 2 heterocycles. The normalized spacial score (nSPS) is 16.1. The van der Waals surface area contributed by atoms with E-state index in [1.54, 1.807) is 6.20 Å². The van der Waals surface area contributed by atoms with E-state index in [9.17, 15) is 4.79 Å². The number of carbonyl (C=O) groups excluding carboxylic acids is 1. The summed E-state index contributed by atoms with van der Waals surface area (Å²) >= 11 is 0. The number of anilines is 1. The SMILES string of the molecule is CC(C)(C)OC(=O)NNc1ccc(CN2CCOCC2)cn1. The summed E-state index contributed by atoms with van der Waals surface area (Å²) in [5.74, 6) is 0.566. The topological polar surface area (TPSA) is 75.7 Å². The third-order valence-corrected chi connectivity index (χ3v) is 3.03. The molecule has 1 aromatic rings. The van der Waals surface area contributed by atoms with Crippen molar-refractivity contribution in [2.75, 3.05) is 31.7 Å². The van der Waals surface area contributed by atoms with Crippen LogP contribution < -0.4 is 10.9 Å². The van der Waals surface area contributed by atoms with Crippen molar-refractivity contribution >= 4 is 11.9 Å². The molecule has 0 aliphatic carbocycles. The fourth-order valence-corrected chi connectivity index (χ4v) is 2.03. The van der Waals surface area contributed by atoms with Crippen molar-refractivity contribution in [1.82, 2.24) is 15.3 Å². The molecule has 1 amide bonds. The van der Waals surface area contributed by atoms with Gasteiger partial charge in [-0.1, -0.05) is 6.07 Å². The van der Waals surface area contributed by atoms with Gasteiger partial charge in [-0.2, -0.15) is 0 Å². The van der Waals surface area contributed by atoms with Gasteiger partial charge in [0.1, 0.15) is 11.4 Å². The first-order valence-corrected chi connectivity index (χ1v) is 7.42. The molecule has 0 bridgehead atoms. The van der Waals surface area contributed by atoms with Crippen molar-refractivity contribution in [2.24, 2.45) is 0 Å². The first-order valence-electron chi connectivity index (χ1n) is 7.42. The summed E-state index contributed by atoms with van der Waals surface area (Å²) in [6, 6.07) is 3.81. The van der Waals surface area contributed by atoms with Crippen molar-refractivity contribution in [3.05, 3.63) is 23.9 Å². The van der Waals surface area contributed by atoms with Crippen LogP contribution in [0.5, 0.6) is 0 Å². The molecule has 2 rings (SSSR count). The summed E-state index contributed by atoms with van der Waals surface area (Å²) in [7, 11) is 0. The first-order chi connectivity index (χ1) is 10.4. The summed E-state index contributed by atoms with van der Waals surface area (Å²) in [5, 5.41) is 0. The second-order valence-corrected chi connectivity index (χ2v) is 6.19. The number of hydrogen-bond acceptors (Lipinski definition) is 6. The molecule has 0 unspecified atom stereocenters. The van der Waals surface area contributed by atoms with Crippen LogP contribution >= 0.6 is 0 Å². The first kappa shape index (κ1) is 16.5. The van der Waals surface area contributed by atoms with Gasteiger partial charge in [-0.25, -0.2) is 15.2 Å². The van der Waals surface area contributed by atoms with Crippen LogP contribution in [0.25, 0.3) is 0 Å². The third-order valence-electron chi connectivity index (χ3n) is 3.03. The van der Waals surface area contributed by atoms with Crippen molar-refractivity contribution in [2.45, 2.75) is 32.9 Å². The van der Waals surface area contributed by atoms with Gasteiger partial charge in [-0.05, 0) is 32.4 Å². The van der Waals surface area contributed by atoms with E-state index in [1.807, 2.05) is 32.9 Å². The van der Waals surface area contributed by atoms with Crippen molar-refractivity contribution in [1.29, 1.82) is 0 Å². The van der Waals surface area contributed by atoms with Crippen LogP contribution in [0.4, 0.5) is 10.6 Å². The molecule has 0 saturated carbocycles. The highest BCUT2D eigenvalue weighted by Crippen LogP contribution is 2.09. The maximum Gasteiger partial charge on any atom is 0.426 e. The van der Waals surface area contributed by atoms with Crippen LogP contribution in [0, 0.1) is 0 Å². The Hall–Kier alpha value is -1.86. The number of aromatic nitrogens is 1. The van der Waals surface area contributed by atoms with Crippen molar-refractivity contribution in [3.63, 3.8) is 0 Å². The predicted octanol–water partition coefficient (Wildman–Crippen LogP) is 1.77. The molecule has 1 aliphatic heterocycles. The molecular weight excluding hydrogens is 284 g/mol. The van der Waals surface area contributed by atoms with E-state index >= 15 is 0 Å². The number of hydrogen-bond donors (Lipinski definition) is 2. The van der Waals surface area contributed by atoms with E-state index in [1.165, 1.54) is 0 Å². The number of carbonyl (C=O) groups is 1. The Kier molecular flexibility index (Phi) is 5.57. The van der Waals surface area contributed by atoms with Gasteiger partial charge in [-0.15, -0.1) is 0 Å². The van der Waals surface area contributed by atoms with Crippen molar-refractivity contribution < 1.29 is 14.3 Å². The van der Waals surface area contributed by atoms with E-state index in [4.69, 9.17) is 9.47 Å². The Morgan fingerprint density at radius 2 is 2.09 bits per heavy atom. The van der Waals surface area contributed by atoms with Gasteiger partial charge in [0.15, 0.2) is 0 Å². The lowest BCUT2D eigenvalue weighted by Crippen LogP contribution is -2.36. The van der Waals surface area contributed by atoms with Gasteiger partial charge in [0.2, 0.25) is 0 Å². The zero-order chi connectivity index (χ0) is 16.0. The fraction of sp³-hybridized carbons (Fsp3) is 0.600. The highest BCUT2D eigenvalue weighted by atomic mass is 16.6. The average Bonchev–Trinajstić information content (AvgIpc) is 2.46. The zero-order valence-electron chi connectivity index (χ0n) is 13.4. The molecular formula is C15H24N4O3. The maximum atomic E-state index is 11.5. The largest absolute Gasteiger partial charge is 0.443 e. The van der Waals surface area contributed by atoms with Crippen LogP contribution in [0.3, 0.4) is 0 Å². The quantitative estimate of drug-likeness (QED) is 0.826. The number of morpholine rings is 1. The van der Waals surface area contributed by atoms with Crippen LogP contribution in [0.2, 0.25) is 0 Å². The average molecular weight is 308 g/mol. The molecule has 0 atom stereocenters. The maximum absolute atomic E-state index is 11.5. The second-order valence-electron chi connectivity index (χ2n) is 6.19. The van der Waals surface area contributed by atoms with E-state index in [0.717, 1.165) is 38.4 Å². The molecule has 1 saturated heterocycles. The van der Waals surface area contributed by atoms with Gasteiger partial charge in [0, 0.05) is 25.8 Å². The molecule has 0 radical (unpaired) electrons. The lowest BCUT2D eigenvalue weighted by Gasteiger charge is -2.26. The van der Waals surface area contributed by atoms with E-state index < -0.39 is 11.7 Å². The van der Waals surface area contributed by atoms with Gasteiger partial charge in [0.25, 0.3) is 0 Å². The Balaban J connectivity index is 1.77. The van der Waals surface area contributed by atoms with Gasteiger partial charge in [0.05, 0.1) is 13.2 Å². The Morgan fingerprint density at radius 1 is 1.36 bits per heavy atom. The minimum atomic E-state index is -0.535. The third kappa shape index (κ3) is 5.87. The molecule has 0 spiro atoms. The van der Waals surface area contributed by atoms with Crippen LogP contribution in [-0.4, -0.2) is 47.9 Å². The molecule has 22 heavy (non-hydrogen) atoms. The minimum absolute atomic E-state index is 0.527. The number of nitrogens with one attached hydrogen (secondary N) is 2. The molecule has 7 heteroatoms. The van der Waals surface area contributed by atoms with E-state index in [-0.39, 0.29) is 0 Å². The molecule has 1 aliphatic rings. The predicted molar refractivity (Wildman–Crippen MR) is 83.3 cm³/mol.